The van der Waals surface area contributed by atoms with Crippen molar-refractivity contribution in [2.75, 3.05) is 6.61 Å². The predicted molar refractivity (Wildman–Crippen MR) is 43.0 cm³/mol. The van der Waals surface area contributed by atoms with E-state index >= 15 is 0 Å². The Labute approximate surface area is 63.1 Å². The molecule has 0 aliphatic carbocycles. The molecule has 1 saturated heterocycles. The molecule has 1 nitrogen and oxygen atoms in total. The van der Waals surface area contributed by atoms with E-state index in [9.17, 15) is 0 Å². The lowest BCUT2D eigenvalue weighted by Gasteiger charge is -2.24. The molecule has 58 valence electrons. The molecule has 0 aromatic carbocycles. The standard InChI is InChI=1S/C9H16O/c1-3-4-9-7-8(2)5-6-10-9/h3-4,8-9H,5-7H2,1-2H3. The van der Waals surface area contributed by atoms with E-state index in [1.165, 1.54) is 12.8 Å². The maximum Gasteiger partial charge on any atom is 0.0758 e. The van der Waals surface area contributed by atoms with Crippen molar-refractivity contribution in [1.29, 1.82) is 0 Å². The molecule has 0 aromatic rings. The van der Waals surface area contributed by atoms with E-state index in [-0.39, 0.29) is 0 Å². The summed E-state index contributed by atoms with van der Waals surface area (Å²) in [6.45, 7) is 5.28. The summed E-state index contributed by atoms with van der Waals surface area (Å²) in [5.41, 5.74) is 0. The number of hydrogen-bond acceptors (Lipinski definition) is 1. The molecule has 0 N–H and O–H groups in total. The average molecular weight is 140 g/mol. The fraction of sp³-hybridized carbons (Fsp3) is 0.778. The SMILES string of the molecule is CC=CC1CC(C)CCO1. The van der Waals surface area contributed by atoms with Crippen LogP contribution < -0.4 is 0 Å². The van der Waals surface area contributed by atoms with Crippen molar-refractivity contribution >= 4 is 0 Å². The Kier molecular flexibility index (Phi) is 2.94. The van der Waals surface area contributed by atoms with Crippen molar-refractivity contribution in [3.63, 3.8) is 0 Å². The van der Waals surface area contributed by atoms with Crippen LogP contribution >= 0.6 is 0 Å². The van der Waals surface area contributed by atoms with Crippen LogP contribution in [-0.4, -0.2) is 12.7 Å². The molecule has 2 atom stereocenters. The molecule has 1 rings (SSSR count). The number of ether oxygens (including phenoxy) is 1. The van der Waals surface area contributed by atoms with Crippen LogP contribution in [0.2, 0.25) is 0 Å². The molecular formula is C9H16O. The van der Waals surface area contributed by atoms with Crippen molar-refractivity contribution in [3.8, 4) is 0 Å². The lowest BCUT2D eigenvalue weighted by molar-refractivity contribution is 0.0238. The van der Waals surface area contributed by atoms with Gasteiger partial charge in [0, 0.05) is 6.61 Å². The Hall–Kier alpha value is -0.300. The fourth-order valence-corrected chi connectivity index (χ4v) is 1.35. The van der Waals surface area contributed by atoms with Gasteiger partial charge < -0.3 is 4.74 Å². The van der Waals surface area contributed by atoms with Gasteiger partial charge in [-0.3, -0.25) is 0 Å². The van der Waals surface area contributed by atoms with E-state index < -0.39 is 0 Å². The highest BCUT2D eigenvalue weighted by atomic mass is 16.5. The van der Waals surface area contributed by atoms with Crippen molar-refractivity contribution in [2.24, 2.45) is 5.92 Å². The zero-order valence-corrected chi connectivity index (χ0v) is 6.84. The van der Waals surface area contributed by atoms with Gasteiger partial charge in [-0.1, -0.05) is 19.1 Å². The van der Waals surface area contributed by atoms with E-state index in [0.29, 0.717) is 6.10 Å². The highest BCUT2D eigenvalue weighted by molar-refractivity contribution is 4.89. The van der Waals surface area contributed by atoms with Gasteiger partial charge in [-0.25, -0.2) is 0 Å². The molecule has 1 aliphatic heterocycles. The third kappa shape index (κ3) is 2.14. The first-order valence-electron chi connectivity index (χ1n) is 4.07. The van der Waals surface area contributed by atoms with E-state index in [0.717, 1.165) is 12.5 Å². The van der Waals surface area contributed by atoms with Gasteiger partial charge in [-0.05, 0) is 25.7 Å². The summed E-state index contributed by atoms with van der Waals surface area (Å²) in [5, 5.41) is 0. The molecule has 0 saturated carbocycles. The number of allylic oxidation sites excluding steroid dienone is 1. The number of hydrogen-bond donors (Lipinski definition) is 0. The van der Waals surface area contributed by atoms with Gasteiger partial charge >= 0.3 is 0 Å². The van der Waals surface area contributed by atoms with Gasteiger partial charge in [0.1, 0.15) is 0 Å². The molecule has 0 bridgehead atoms. The van der Waals surface area contributed by atoms with Gasteiger partial charge in [0.2, 0.25) is 0 Å². The molecule has 1 heteroatoms. The first-order chi connectivity index (χ1) is 4.83. The van der Waals surface area contributed by atoms with Crippen LogP contribution in [0.25, 0.3) is 0 Å². The van der Waals surface area contributed by atoms with Gasteiger partial charge in [0.15, 0.2) is 0 Å². The monoisotopic (exact) mass is 140 g/mol. The van der Waals surface area contributed by atoms with Crippen LogP contribution in [0.15, 0.2) is 12.2 Å². The zero-order chi connectivity index (χ0) is 7.40. The normalized spacial score (nSPS) is 35.0. The van der Waals surface area contributed by atoms with E-state index in [1.54, 1.807) is 0 Å². The first kappa shape index (κ1) is 7.80. The molecule has 1 fully saturated rings. The molecule has 0 radical (unpaired) electrons. The molecule has 0 aromatic heterocycles. The molecule has 2 unspecified atom stereocenters. The smallest absolute Gasteiger partial charge is 0.0758 e. The maximum atomic E-state index is 5.50. The van der Waals surface area contributed by atoms with Crippen LogP contribution in [0.4, 0.5) is 0 Å². The summed E-state index contributed by atoms with van der Waals surface area (Å²) in [6.07, 6.45) is 7.05. The van der Waals surface area contributed by atoms with Crippen LogP contribution in [0, 0.1) is 5.92 Å². The van der Waals surface area contributed by atoms with Crippen LogP contribution in [-0.2, 0) is 4.74 Å². The summed E-state index contributed by atoms with van der Waals surface area (Å²) >= 11 is 0. The number of rotatable bonds is 1. The highest BCUT2D eigenvalue weighted by Crippen LogP contribution is 2.19. The summed E-state index contributed by atoms with van der Waals surface area (Å²) in [7, 11) is 0. The highest BCUT2D eigenvalue weighted by Gasteiger charge is 2.15. The van der Waals surface area contributed by atoms with Crippen molar-refractivity contribution in [3.05, 3.63) is 12.2 Å². The summed E-state index contributed by atoms with van der Waals surface area (Å²) in [6, 6.07) is 0. The second kappa shape index (κ2) is 3.77. The second-order valence-electron chi connectivity index (χ2n) is 3.06. The van der Waals surface area contributed by atoms with Crippen LogP contribution in [0.1, 0.15) is 26.7 Å². The molecular weight excluding hydrogens is 124 g/mol. The Balaban J connectivity index is 2.32. The average Bonchev–Trinajstić information content (AvgIpc) is 1.88. The van der Waals surface area contributed by atoms with Crippen molar-refractivity contribution in [2.45, 2.75) is 32.8 Å². The van der Waals surface area contributed by atoms with Crippen LogP contribution in [0.5, 0.6) is 0 Å². The minimum absolute atomic E-state index is 0.397. The summed E-state index contributed by atoms with van der Waals surface area (Å²) in [5.74, 6) is 0.843. The summed E-state index contributed by atoms with van der Waals surface area (Å²) < 4.78 is 5.50. The summed E-state index contributed by atoms with van der Waals surface area (Å²) in [4.78, 5) is 0. The third-order valence-corrected chi connectivity index (χ3v) is 1.98. The second-order valence-corrected chi connectivity index (χ2v) is 3.06. The topological polar surface area (TPSA) is 9.23 Å². The molecule has 1 heterocycles. The van der Waals surface area contributed by atoms with Crippen molar-refractivity contribution < 1.29 is 4.74 Å². The predicted octanol–water partition coefficient (Wildman–Crippen LogP) is 2.38. The first-order valence-corrected chi connectivity index (χ1v) is 4.07. The van der Waals surface area contributed by atoms with Crippen LogP contribution in [0.3, 0.4) is 0 Å². The van der Waals surface area contributed by atoms with Crippen molar-refractivity contribution in [1.82, 2.24) is 0 Å². The molecule has 0 spiro atoms. The maximum absolute atomic E-state index is 5.50. The third-order valence-electron chi connectivity index (χ3n) is 1.98. The zero-order valence-electron chi connectivity index (χ0n) is 6.84. The van der Waals surface area contributed by atoms with Gasteiger partial charge in [0.05, 0.1) is 6.10 Å². The quantitative estimate of drug-likeness (QED) is 0.508. The van der Waals surface area contributed by atoms with E-state index in [2.05, 4.69) is 19.1 Å². The van der Waals surface area contributed by atoms with Gasteiger partial charge in [-0.15, -0.1) is 0 Å². The lowest BCUT2D eigenvalue weighted by atomic mass is 9.98. The Morgan fingerprint density at radius 2 is 2.30 bits per heavy atom. The molecule has 0 amide bonds. The Morgan fingerprint density at radius 3 is 2.90 bits per heavy atom. The fourth-order valence-electron chi connectivity index (χ4n) is 1.35. The Bertz CT molecular complexity index is 118. The van der Waals surface area contributed by atoms with Gasteiger partial charge in [-0.2, -0.15) is 0 Å². The van der Waals surface area contributed by atoms with Gasteiger partial charge in [0.25, 0.3) is 0 Å². The van der Waals surface area contributed by atoms with E-state index in [1.807, 2.05) is 6.92 Å². The molecule has 10 heavy (non-hydrogen) atoms. The minimum atomic E-state index is 0.397. The molecule has 1 aliphatic rings. The van der Waals surface area contributed by atoms with E-state index in [4.69, 9.17) is 4.74 Å². The minimum Gasteiger partial charge on any atom is -0.374 e. The Morgan fingerprint density at radius 1 is 1.50 bits per heavy atom. The lowest BCUT2D eigenvalue weighted by Crippen LogP contribution is -2.22. The largest absolute Gasteiger partial charge is 0.374 e.